The molecule has 4 nitrogen and oxygen atoms in total. The van der Waals surface area contributed by atoms with Gasteiger partial charge in [-0.1, -0.05) is 0 Å². The van der Waals surface area contributed by atoms with Crippen molar-refractivity contribution in [1.29, 1.82) is 0 Å². The predicted molar refractivity (Wildman–Crippen MR) is 78.1 cm³/mol. The van der Waals surface area contributed by atoms with Gasteiger partial charge in [-0.3, -0.25) is 4.79 Å². The zero-order valence-corrected chi connectivity index (χ0v) is 12.6. The molecule has 0 aliphatic heterocycles. The largest absolute Gasteiger partial charge is 0.406 e. The maximum atomic E-state index is 12.4. The Balaban J connectivity index is 1.98. The normalized spacial score (nSPS) is 12.0. The number of halogens is 3. The zero-order chi connectivity index (χ0) is 16.2. The minimum atomic E-state index is -4.32. The number of nitrogens with zero attached hydrogens (tertiary/aromatic N) is 3. The number of amides is 1. The Morgan fingerprint density at radius 2 is 2.27 bits per heavy atom. The molecule has 2 aromatic rings. The van der Waals surface area contributed by atoms with Gasteiger partial charge in [0.1, 0.15) is 12.4 Å². The molecule has 0 saturated heterocycles. The van der Waals surface area contributed by atoms with Gasteiger partial charge in [0, 0.05) is 25.5 Å². The van der Waals surface area contributed by atoms with Crippen molar-refractivity contribution in [3.63, 3.8) is 0 Å². The van der Waals surface area contributed by atoms with Crippen LogP contribution in [0.5, 0.6) is 0 Å². The summed E-state index contributed by atoms with van der Waals surface area (Å²) in [6, 6.07) is 1.87. The van der Waals surface area contributed by atoms with Crippen LogP contribution in [-0.4, -0.2) is 33.6 Å². The van der Waals surface area contributed by atoms with Crippen molar-refractivity contribution in [2.24, 2.45) is 0 Å². The van der Waals surface area contributed by atoms with Gasteiger partial charge in [0.25, 0.3) is 0 Å². The first-order valence-electron chi connectivity index (χ1n) is 6.37. The lowest BCUT2D eigenvalue weighted by Gasteiger charge is -2.16. The van der Waals surface area contributed by atoms with Crippen LogP contribution in [0.15, 0.2) is 35.3 Å². The van der Waals surface area contributed by atoms with Crippen LogP contribution in [0.1, 0.15) is 11.4 Å². The Labute approximate surface area is 129 Å². The molecule has 0 bridgehead atoms. The minimum absolute atomic E-state index is 0.00981. The van der Waals surface area contributed by atoms with Gasteiger partial charge in [-0.2, -0.15) is 24.5 Å². The molecule has 0 unspecified atom stereocenters. The van der Waals surface area contributed by atoms with Crippen LogP contribution in [0.2, 0.25) is 0 Å². The van der Waals surface area contributed by atoms with E-state index in [0.717, 1.165) is 10.1 Å². The standard InChI is InChI=1S/C14H14F3N3OS/c1-19(13(21)3-2-11-4-7-22-9-11)8-12-18-5-6-20(12)10-14(15,16)17/h2-7,9H,8,10H2,1H3/b3-2+. The summed E-state index contributed by atoms with van der Waals surface area (Å²) in [6.45, 7) is -1.11. The van der Waals surface area contributed by atoms with E-state index in [2.05, 4.69) is 4.98 Å². The Morgan fingerprint density at radius 3 is 2.91 bits per heavy atom. The second kappa shape index (κ2) is 6.78. The van der Waals surface area contributed by atoms with E-state index in [1.54, 1.807) is 6.08 Å². The van der Waals surface area contributed by atoms with Crippen LogP contribution in [0, 0.1) is 0 Å². The van der Waals surface area contributed by atoms with E-state index in [4.69, 9.17) is 0 Å². The van der Waals surface area contributed by atoms with Gasteiger partial charge in [0.15, 0.2) is 0 Å². The number of carbonyl (C=O) groups is 1. The van der Waals surface area contributed by atoms with Crippen molar-refractivity contribution in [2.75, 3.05) is 7.05 Å². The van der Waals surface area contributed by atoms with E-state index >= 15 is 0 Å². The fourth-order valence-corrected chi connectivity index (χ4v) is 2.41. The van der Waals surface area contributed by atoms with E-state index in [-0.39, 0.29) is 18.3 Å². The van der Waals surface area contributed by atoms with Crippen molar-refractivity contribution in [3.8, 4) is 0 Å². The lowest BCUT2D eigenvalue weighted by Crippen LogP contribution is -2.27. The molecule has 2 aromatic heterocycles. The van der Waals surface area contributed by atoms with Crippen molar-refractivity contribution in [2.45, 2.75) is 19.3 Å². The Morgan fingerprint density at radius 1 is 1.50 bits per heavy atom. The summed E-state index contributed by atoms with van der Waals surface area (Å²) >= 11 is 1.51. The molecule has 2 heterocycles. The number of hydrogen-bond acceptors (Lipinski definition) is 3. The molecule has 0 fully saturated rings. The van der Waals surface area contributed by atoms with Crippen molar-refractivity contribution < 1.29 is 18.0 Å². The van der Waals surface area contributed by atoms with Crippen molar-refractivity contribution in [1.82, 2.24) is 14.5 Å². The van der Waals surface area contributed by atoms with Crippen molar-refractivity contribution in [3.05, 3.63) is 46.7 Å². The summed E-state index contributed by atoms with van der Waals surface area (Å²) in [6.07, 6.45) is 1.27. The molecule has 1 amide bonds. The maximum Gasteiger partial charge on any atom is 0.406 e. The van der Waals surface area contributed by atoms with Crippen LogP contribution in [0.4, 0.5) is 13.2 Å². The number of carbonyl (C=O) groups excluding carboxylic acids is 1. The third kappa shape index (κ3) is 4.73. The van der Waals surface area contributed by atoms with Gasteiger partial charge in [0.05, 0.1) is 6.54 Å². The van der Waals surface area contributed by atoms with Crippen molar-refractivity contribution >= 4 is 23.3 Å². The summed E-state index contributed by atoms with van der Waals surface area (Å²) in [4.78, 5) is 17.1. The average molecular weight is 329 g/mol. The Kier molecular flexibility index (Phi) is 5.02. The summed E-state index contributed by atoms with van der Waals surface area (Å²) in [5, 5.41) is 3.78. The van der Waals surface area contributed by atoms with Gasteiger partial charge in [-0.15, -0.1) is 0 Å². The molecule has 0 radical (unpaired) electrons. The summed E-state index contributed by atoms with van der Waals surface area (Å²) < 4.78 is 38.3. The Hall–Kier alpha value is -2.09. The zero-order valence-electron chi connectivity index (χ0n) is 11.7. The molecule has 0 aliphatic rings. The molecular formula is C14H14F3N3OS. The van der Waals surface area contributed by atoms with Crippen LogP contribution in [0.3, 0.4) is 0 Å². The fourth-order valence-electron chi connectivity index (χ4n) is 1.78. The number of hydrogen-bond donors (Lipinski definition) is 0. The summed E-state index contributed by atoms with van der Waals surface area (Å²) in [5.41, 5.74) is 0.908. The van der Waals surface area contributed by atoms with Crippen LogP contribution >= 0.6 is 11.3 Å². The first-order valence-corrected chi connectivity index (χ1v) is 7.31. The Bertz CT molecular complexity index is 647. The molecule has 22 heavy (non-hydrogen) atoms. The molecule has 0 spiro atoms. The lowest BCUT2D eigenvalue weighted by atomic mass is 10.3. The molecule has 0 N–H and O–H groups in total. The second-order valence-corrected chi connectivity index (χ2v) is 5.45. The number of aromatic nitrogens is 2. The van der Waals surface area contributed by atoms with Gasteiger partial charge < -0.3 is 9.47 Å². The molecule has 118 valence electrons. The van der Waals surface area contributed by atoms with E-state index in [0.29, 0.717) is 0 Å². The average Bonchev–Trinajstić information content (AvgIpc) is 3.06. The van der Waals surface area contributed by atoms with Gasteiger partial charge in [-0.25, -0.2) is 4.98 Å². The minimum Gasteiger partial charge on any atom is -0.335 e. The predicted octanol–water partition coefficient (Wildman–Crippen LogP) is 3.18. The van der Waals surface area contributed by atoms with Crippen LogP contribution in [0.25, 0.3) is 6.08 Å². The molecule has 0 aromatic carbocycles. The highest BCUT2D eigenvalue weighted by Crippen LogP contribution is 2.18. The highest BCUT2D eigenvalue weighted by atomic mass is 32.1. The van der Waals surface area contributed by atoms with Gasteiger partial charge in [0.2, 0.25) is 5.91 Å². The smallest absolute Gasteiger partial charge is 0.335 e. The number of imidazole rings is 1. The molecule has 8 heteroatoms. The third-order valence-electron chi connectivity index (χ3n) is 2.87. The quantitative estimate of drug-likeness (QED) is 0.790. The fraction of sp³-hybridized carbons (Fsp3) is 0.286. The number of alkyl halides is 3. The summed E-state index contributed by atoms with van der Waals surface area (Å²) in [5.74, 6) is -0.107. The van der Waals surface area contributed by atoms with E-state index < -0.39 is 12.7 Å². The van der Waals surface area contributed by atoms with E-state index in [1.165, 1.54) is 41.8 Å². The maximum absolute atomic E-state index is 12.4. The topological polar surface area (TPSA) is 38.1 Å². The molecule has 0 atom stereocenters. The molecule has 0 aliphatic carbocycles. The number of rotatable bonds is 5. The lowest BCUT2D eigenvalue weighted by molar-refractivity contribution is -0.141. The monoisotopic (exact) mass is 329 g/mol. The first-order chi connectivity index (χ1) is 10.3. The summed E-state index contributed by atoms with van der Waals surface area (Å²) in [7, 11) is 1.52. The second-order valence-electron chi connectivity index (χ2n) is 4.67. The number of likely N-dealkylation sites (N-methyl/N-ethyl adjacent to an activating group) is 1. The molecule has 2 rings (SSSR count). The van der Waals surface area contributed by atoms with E-state index in [1.807, 2.05) is 16.8 Å². The van der Waals surface area contributed by atoms with Crippen LogP contribution < -0.4 is 0 Å². The first kappa shape index (κ1) is 16.3. The van der Waals surface area contributed by atoms with Gasteiger partial charge in [-0.05, 0) is 28.5 Å². The highest BCUT2D eigenvalue weighted by molar-refractivity contribution is 7.08. The SMILES string of the molecule is CN(Cc1nccn1CC(F)(F)F)C(=O)/C=C/c1ccsc1. The highest BCUT2D eigenvalue weighted by Gasteiger charge is 2.29. The molecule has 0 saturated carbocycles. The molecular weight excluding hydrogens is 315 g/mol. The van der Waals surface area contributed by atoms with Crippen LogP contribution in [-0.2, 0) is 17.9 Å². The number of thiophene rings is 1. The third-order valence-corrected chi connectivity index (χ3v) is 3.57. The van der Waals surface area contributed by atoms with Gasteiger partial charge >= 0.3 is 6.18 Å². The van der Waals surface area contributed by atoms with E-state index in [9.17, 15) is 18.0 Å².